The number of ether oxygens (including phenoxy) is 1. The third-order valence-electron chi connectivity index (χ3n) is 3.27. The SMILES string of the molecule is Cc1ccn2cc(C3CCOCC3)nc2c1. The molecule has 0 N–H and O–H groups in total. The molecule has 0 atom stereocenters. The number of aromatic nitrogens is 2. The van der Waals surface area contributed by atoms with Crippen molar-refractivity contribution in [2.24, 2.45) is 0 Å². The molecule has 3 heterocycles. The third kappa shape index (κ3) is 1.71. The van der Waals surface area contributed by atoms with Crippen LogP contribution in [0.5, 0.6) is 0 Å². The van der Waals surface area contributed by atoms with Gasteiger partial charge in [-0.25, -0.2) is 4.98 Å². The molecule has 2 aromatic heterocycles. The van der Waals surface area contributed by atoms with Crippen molar-refractivity contribution >= 4 is 5.65 Å². The largest absolute Gasteiger partial charge is 0.381 e. The lowest BCUT2D eigenvalue weighted by Gasteiger charge is -2.19. The number of rotatable bonds is 1. The molecular formula is C13H16N2O. The van der Waals surface area contributed by atoms with Crippen LogP contribution in [0.25, 0.3) is 5.65 Å². The zero-order chi connectivity index (χ0) is 11.0. The van der Waals surface area contributed by atoms with Crippen LogP contribution in [0.4, 0.5) is 0 Å². The van der Waals surface area contributed by atoms with Crippen molar-refractivity contribution in [3.63, 3.8) is 0 Å². The van der Waals surface area contributed by atoms with Gasteiger partial charge in [0.1, 0.15) is 5.65 Å². The van der Waals surface area contributed by atoms with Crippen molar-refractivity contribution < 1.29 is 4.74 Å². The summed E-state index contributed by atoms with van der Waals surface area (Å²) in [6, 6.07) is 4.24. The zero-order valence-electron chi connectivity index (χ0n) is 9.52. The lowest BCUT2D eigenvalue weighted by Crippen LogP contribution is -2.14. The Labute approximate surface area is 95.1 Å². The summed E-state index contributed by atoms with van der Waals surface area (Å²) in [6.45, 7) is 3.85. The van der Waals surface area contributed by atoms with Gasteiger partial charge < -0.3 is 9.14 Å². The van der Waals surface area contributed by atoms with Crippen LogP contribution in [-0.4, -0.2) is 22.6 Å². The zero-order valence-corrected chi connectivity index (χ0v) is 9.52. The van der Waals surface area contributed by atoms with Gasteiger partial charge in [0.05, 0.1) is 5.69 Å². The molecule has 0 spiro atoms. The molecule has 1 aliphatic rings. The first-order chi connectivity index (χ1) is 7.83. The van der Waals surface area contributed by atoms with E-state index >= 15 is 0 Å². The Morgan fingerprint density at radius 1 is 1.38 bits per heavy atom. The van der Waals surface area contributed by atoms with Crippen molar-refractivity contribution in [2.75, 3.05) is 13.2 Å². The topological polar surface area (TPSA) is 26.5 Å². The van der Waals surface area contributed by atoms with Gasteiger partial charge in [0.15, 0.2) is 0 Å². The van der Waals surface area contributed by atoms with Crippen LogP contribution in [-0.2, 0) is 4.74 Å². The van der Waals surface area contributed by atoms with Gasteiger partial charge in [-0.2, -0.15) is 0 Å². The molecule has 0 aliphatic carbocycles. The Hall–Kier alpha value is -1.35. The molecule has 0 aromatic carbocycles. The summed E-state index contributed by atoms with van der Waals surface area (Å²) in [5, 5.41) is 0. The highest BCUT2D eigenvalue weighted by molar-refractivity contribution is 5.43. The van der Waals surface area contributed by atoms with E-state index in [9.17, 15) is 0 Å². The van der Waals surface area contributed by atoms with Crippen LogP contribution in [0.2, 0.25) is 0 Å². The number of nitrogens with zero attached hydrogens (tertiary/aromatic N) is 2. The van der Waals surface area contributed by atoms with Gasteiger partial charge in [0.2, 0.25) is 0 Å². The second-order valence-electron chi connectivity index (χ2n) is 4.52. The van der Waals surface area contributed by atoms with E-state index in [2.05, 4.69) is 35.9 Å². The fourth-order valence-corrected chi connectivity index (χ4v) is 2.29. The van der Waals surface area contributed by atoms with Crippen LogP contribution in [0.3, 0.4) is 0 Å². The van der Waals surface area contributed by atoms with E-state index in [0.717, 1.165) is 31.7 Å². The predicted molar refractivity (Wildman–Crippen MR) is 62.7 cm³/mol. The summed E-state index contributed by atoms with van der Waals surface area (Å²) in [4.78, 5) is 4.70. The Balaban J connectivity index is 1.97. The Morgan fingerprint density at radius 2 is 2.19 bits per heavy atom. The Morgan fingerprint density at radius 3 is 3.00 bits per heavy atom. The molecule has 0 unspecified atom stereocenters. The highest BCUT2D eigenvalue weighted by atomic mass is 16.5. The van der Waals surface area contributed by atoms with Gasteiger partial charge in [-0.15, -0.1) is 0 Å². The minimum Gasteiger partial charge on any atom is -0.381 e. The Kier molecular flexibility index (Phi) is 2.40. The van der Waals surface area contributed by atoms with Gasteiger partial charge in [-0.1, -0.05) is 0 Å². The van der Waals surface area contributed by atoms with E-state index < -0.39 is 0 Å². The molecule has 3 heteroatoms. The second kappa shape index (κ2) is 3.91. The van der Waals surface area contributed by atoms with E-state index in [1.807, 2.05) is 0 Å². The van der Waals surface area contributed by atoms with Crippen molar-refractivity contribution in [3.8, 4) is 0 Å². The first kappa shape index (κ1) is 9.85. The monoisotopic (exact) mass is 216 g/mol. The van der Waals surface area contributed by atoms with Crippen molar-refractivity contribution in [3.05, 3.63) is 35.8 Å². The average Bonchev–Trinajstić information content (AvgIpc) is 2.73. The lowest BCUT2D eigenvalue weighted by molar-refractivity contribution is 0.0846. The smallest absolute Gasteiger partial charge is 0.137 e. The normalized spacial score (nSPS) is 18.1. The number of pyridine rings is 1. The number of fused-ring (bicyclic) bond motifs is 1. The number of aryl methyl sites for hydroxylation is 1. The molecular weight excluding hydrogens is 200 g/mol. The van der Waals surface area contributed by atoms with Crippen molar-refractivity contribution in [1.29, 1.82) is 0 Å². The maximum Gasteiger partial charge on any atom is 0.137 e. The van der Waals surface area contributed by atoms with Crippen molar-refractivity contribution in [2.45, 2.75) is 25.7 Å². The first-order valence-corrected chi connectivity index (χ1v) is 5.86. The van der Waals surface area contributed by atoms with E-state index in [0.29, 0.717) is 5.92 Å². The Bertz CT molecular complexity index is 498. The highest BCUT2D eigenvalue weighted by Gasteiger charge is 2.18. The molecule has 0 bridgehead atoms. The first-order valence-electron chi connectivity index (χ1n) is 5.86. The molecule has 84 valence electrons. The molecule has 0 saturated carbocycles. The average molecular weight is 216 g/mol. The summed E-state index contributed by atoms with van der Waals surface area (Å²) in [5.74, 6) is 0.578. The second-order valence-corrected chi connectivity index (χ2v) is 4.52. The lowest BCUT2D eigenvalue weighted by atomic mass is 9.97. The van der Waals surface area contributed by atoms with E-state index in [4.69, 9.17) is 9.72 Å². The minimum atomic E-state index is 0.578. The highest BCUT2D eigenvalue weighted by Crippen LogP contribution is 2.26. The summed E-state index contributed by atoms with van der Waals surface area (Å²) < 4.78 is 7.49. The fourth-order valence-electron chi connectivity index (χ4n) is 2.29. The molecule has 1 saturated heterocycles. The van der Waals surface area contributed by atoms with E-state index in [1.165, 1.54) is 11.3 Å². The van der Waals surface area contributed by atoms with Crippen molar-refractivity contribution in [1.82, 2.24) is 9.38 Å². The predicted octanol–water partition coefficient (Wildman–Crippen LogP) is 2.54. The van der Waals surface area contributed by atoms with Crippen LogP contribution in [0.1, 0.15) is 30.0 Å². The number of imidazole rings is 1. The maximum absolute atomic E-state index is 5.38. The molecule has 16 heavy (non-hydrogen) atoms. The minimum absolute atomic E-state index is 0.578. The maximum atomic E-state index is 5.38. The van der Waals surface area contributed by atoms with Gasteiger partial charge in [0, 0.05) is 31.5 Å². The van der Waals surface area contributed by atoms with Crippen LogP contribution >= 0.6 is 0 Å². The molecule has 1 fully saturated rings. The fraction of sp³-hybridized carbons (Fsp3) is 0.462. The third-order valence-corrected chi connectivity index (χ3v) is 3.27. The molecule has 0 radical (unpaired) electrons. The number of hydrogen-bond acceptors (Lipinski definition) is 2. The molecule has 0 amide bonds. The summed E-state index contributed by atoms with van der Waals surface area (Å²) in [6.07, 6.45) is 6.44. The molecule has 2 aromatic rings. The van der Waals surface area contributed by atoms with E-state index in [1.54, 1.807) is 0 Å². The van der Waals surface area contributed by atoms with Gasteiger partial charge in [-0.05, 0) is 37.5 Å². The number of hydrogen-bond donors (Lipinski definition) is 0. The van der Waals surface area contributed by atoms with E-state index in [-0.39, 0.29) is 0 Å². The standard InChI is InChI=1S/C13H16N2O/c1-10-2-5-15-9-12(14-13(15)8-10)11-3-6-16-7-4-11/h2,5,8-9,11H,3-4,6-7H2,1H3. The summed E-state index contributed by atoms with van der Waals surface area (Å²) in [5.41, 5.74) is 3.53. The molecule has 3 nitrogen and oxygen atoms in total. The van der Waals surface area contributed by atoms with Gasteiger partial charge in [0.25, 0.3) is 0 Å². The van der Waals surface area contributed by atoms with Crippen LogP contribution < -0.4 is 0 Å². The van der Waals surface area contributed by atoms with Gasteiger partial charge >= 0.3 is 0 Å². The summed E-state index contributed by atoms with van der Waals surface area (Å²) in [7, 11) is 0. The molecule has 3 rings (SSSR count). The quantitative estimate of drug-likeness (QED) is 0.732. The van der Waals surface area contributed by atoms with Crippen LogP contribution in [0, 0.1) is 6.92 Å². The van der Waals surface area contributed by atoms with Gasteiger partial charge in [-0.3, -0.25) is 0 Å². The summed E-state index contributed by atoms with van der Waals surface area (Å²) >= 11 is 0. The van der Waals surface area contributed by atoms with Crippen LogP contribution in [0.15, 0.2) is 24.5 Å². The molecule has 1 aliphatic heterocycles.